The molecule has 0 atom stereocenters. The molecule has 0 spiro atoms. The van der Waals surface area contributed by atoms with Gasteiger partial charge in [-0.1, -0.05) is 0 Å². The van der Waals surface area contributed by atoms with Gasteiger partial charge in [-0.15, -0.1) is 22.7 Å². The molecule has 0 saturated carbocycles. The zero-order valence-corrected chi connectivity index (χ0v) is 13.8. The quantitative estimate of drug-likeness (QED) is 0.791. The lowest BCUT2D eigenvalue weighted by atomic mass is 9.96. The van der Waals surface area contributed by atoms with Crippen LogP contribution in [0.3, 0.4) is 0 Å². The number of carbonyl (C=O) groups is 3. The van der Waals surface area contributed by atoms with Gasteiger partial charge in [0.15, 0.2) is 0 Å². The van der Waals surface area contributed by atoms with E-state index < -0.39 is 0 Å². The number of fused-ring (bicyclic) bond motifs is 2. The molecule has 1 aliphatic carbocycles. The van der Waals surface area contributed by atoms with Crippen LogP contribution in [0.2, 0.25) is 0 Å². The van der Waals surface area contributed by atoms with Crippen molar-refractivity contribution in [2.45, 2.75) is 0 Å². The first-order valence-corrected chi connectivity index (χ1v) is 8.42. The van der Waals surface area contributed by atoms with Crippen LogP contribution in [-0.2, 0) is 0 Å². The van der Waals surface area contributed by atoms with Crippen molar-refractivity contribution in [1.82, 2.24) is 10.2 Å². The number of carbonyl (C=O) groups excluding carboxylic acids is 3. The zero-order chi connectivity index (χ0) is 15.9. The number of rotatable bonds is 4. The number of thiophene rings is 2. The predicted octanol–water partition coefficient (Wildman–Crippen LogP) is 1.88. The van der Waals surface area contributed by atoms with Crippen molar-refractivity contribution >= 4 is 40.1 Å². The van der Waals surface area contributed by atoms with Crippen LogP contribution in [0.1, 0.15) is 40.1 Å². The van der Waals surface area contributed by atoms with E-state index in [0.717, 1.165) is 17.9 Å². The highest BCUT2D eigenvalue weighted by atomic mass is 32.1. The molecule has 1 N–H and O–H groups in total. The lowest BCUT2D eigenvalue weighted by Gasteiger charge is -2.09. The van der Waals surface area contributed by atoms with Crippen molar-refractivity contribution < 1.29 is 14.4 Å². The summed E-state index contributed by atoms with van der Waals surface area (Å²) < 4.78 is 0. The fourth-order valence-corrected chi connectivity index (χ4v) is 4.10. The monoisotopic (exact) mass is 334 g/mol. The van der Waals surface area contributed by atoms with Gasteiger partial charge in [0.1, 0.15) is 0 Å². The second-order valence-corrected chi connectivity index (χ2v) is 7.20. The molecule has 0 saturated heterocycles. The molecule has 0 aliphatic heterocycles. The average Bonchev–Trinajstić information content (AvgIpc) is 3.11. The van der Waals surface area contributed by atoms with Gasteiger partial charge in [-0.3, -0.25) is 14.4 Å². The molecule has 0 radical (unpaired) electrons. The van der Waals surface area contributed by atoms with E-state index in [0.29, 0.717) is 32.3 Å². The van der Waals surface area contributed by atoms with Gasteiger partial charge in [0.25, 0.3) is 5.91 Å². The summed E-state index contributed by atoms with van der Waals surface area (Å²) in [4.78, 5) is 40.1. The van der Waals surface area contributed by atoms with Crippen LogP contribution >= 0.6 is 22.7 Å². The molecule has 2 aromatic rings. The number of nitrogens with zero attached hydrogens (tertiary/aromatic N) is 1. The van der Waals surface area contributed by atoms with E-state index in [-0.39, 0.29) is 17.5 Å². The highest BCUT2D eigenvalue weighted by molar-refractivity contribution is 7.17. The van der Waals surface area contributed by atoms with Gasteiger partial charge < -0.3 is 10.2 Å². The van der Waals surface area contributed by atoms with Gasteiger partial charge in [-0.25, -0.2) is 0 Å². The Labute approximate surface area is 135 Å². The Kier molecular flexibility index (Phi) is 3.94. The van der Waals surface area contributed by atoms with Crippen LogP contribution in [0.4, 0.5) is 0 Å². The lowest BCUT2D eigenvalue weighted by molar-refractivity contribution is 0.0954. The Morgan fingerprint density at radius 2 is 1.91 bits per heavy atom. The van der Waals surface area contributed by atoms with Crippen LogP contribution in [0.25, 0.3) is 0 Å². The fraction of sp³-hybridized carbons (Fsp3) is 0.267. The van der Waals surface area contributed by atoms with Crippen molar-refractivity contribution in [1.29, 1.82) is 0 Å². The minimum atomic E-state index is -0.245. The van der Waals surface area contributed by atoms with Gasteiger partial charge in [-0.05, 0) is 31.6 Å². The molecule has 5 nitrogen and oxygen atoms in total. The van der Waals surface area contributed by atoms with Crippen LogP contribution in [0, 0.1) is 0 Å². The molecule has 0 bridgehead atoms. The first-order valence-electron chi connectivity index (χ1n) is 6.72. The smallest absolute Gasteiger partial charge is 0.261 e. The first kappa shape index (κ1) is 15.1. The van der Waals surface area contributed by atoms with E-state index in [4.69, 9.17) is 0 Å². The molecule has 22 heavy (non-hydrogen) atoms. The Bertz CT molecular complexity index is 726. The molecule has 2 aromatic heterocycles. The van der Waals surface area contributed by atoms with E-state index in [1.807, 2.05) is 19.0 Å². The summed E-state index contributed by atoms with van der Waals surface area (Å²) in [5, 5.41) is 4.54. The number of nitrogens with one attached hydrogen (secondary N) is 1. The lowest BCUT2D eigenvalue weighted by Crippen LogP contribution is -2.30. The largest absolute Gasteiger partial charge is 0.350 e. The van der Waals surface area contributed by atoms with Gasteiger partial charge in [0, 0.05) is 24.2 Å². The van der Waals surface area contributed by atoms with Crippen LogP contribution in [0.15, 0.2) is 17.5 Å². The minimum absolute atomic E-state index is 0.164. The van der Waals surface area contributed by atoms with Gasteiger partial charge in [0.2, 0.25) is 11.6 Å². The minimum Gasteiger partial charge on any atom is -0.350 e. The Balaban J connectivity index is 1.85. The Morgan fingerprint density at radius 3 is 2.64 bits per heavy atom. The number of ketones is 2. The van der Waals surface area contributed by atoms with Crippen molar-refractivity contribution in [2.24, 2.45) is 0 Å². The molecule has 3 rings (SSSR count). The normalized spacial score (nSPS) is 13.2. The number of amides is 1. The van der Waals surface area contributed by atoms with E-state index in [1.54, 1.807) is 11.4 Å². The third kappa shape index (κ3) is 2.51. The summed E-state index contributed by atoms with van der Waals surface area (Å²) in [5.41, 5.74) is 0.798. The topological polar surface area (TPSA) is 66.5 Å². The second-order valence-electron chi connectivity index (χ2n) is 5.23. The van der Waals surface area contributed by atoms with Crippen LogP contribution in [-0.4, -0.2) is 49.6 Å². The highest BCUT2D eigenvalue weighted by Gasteiger charge is 2.33. The molecule has 1 aliphatic rings. The summed E-state index contributed by atoms with van der Waals surface area (Å²) in [6.45, 7) is 1.25. The SMILES string of the molecule is CN(C)CCNC(=O)c1cc2c(s1)C(=O)c1ccsc1C2=O. The third-order valence-electron chi connectivity index (χ3n) is 3.37. The molecule has 0 aromatic carbocycles. The molecular weight excluding hydrogens is 320 g/mol. The van der Waals surface area contributed by atoms with Crippen LogP contribution < -0.4 is 5.32 Å². The van der Waals surface area contributed by atoms with Gasteiger partial charge in [-0.2, -0.15) is 0 Å². The maximum Gasteiger partial charge on any atom is 0.261 e. The first-order chi connectivity index (χ1) is 10.5. The van der Waals surface area contributed by atoms with Crippen LogP contribution in [0.5, 0.6) is 0 Å². The standard InChI is InChI=1S/C15H14N2O3S2/c1-17(2)5-4-16-15(20)10-7-9-12(19)13-8(3-6-21-13)11(18)14(9)22-10/h3,6-7H,4-5H2,1-2H3,(H,16,20). The molecule has 0 fully saturated rings. The Morgan fingerprint density at radius 1 is 1.18 bits per heavy atom. The Hall–Kier alpha value is -1.83. The average molecular weight is 334 g/mol. The maximum absolute atomic E-state index is 12.4. The summed E-state index contributed by atoms with van der Waals surface area (Å²) in [6.07, 6.45) is 0. The predicted molar refractivity (Wildman–Crippen MR) is 86.4 cm³/mol. The van der Waals surface area contributed by atoms with Crippen molar-refractivity contribution in [3.8, 4) is 0 Å². The highest BCUT2D eigenvalue weighted by Crippen LogP contribution is 2.35. The molecule has 0 unspecified atom stereocenters. The number of hydrogen-bond donors (Lipinski definition) is 1. The molecule has 2 heterocycles. The summed E-state index contributed by atoms with van der Waals surface area (Å²) >= 11 is 2.35. The van der Waals surface area contributed by atoms with Gasteiger partial charge in [0.05, 0.1) is 14.6 Å². The van der Waals surface area contributed by atoms with Crippen molar-refractivity contribution in [3.63, 3.8) is 0 Å². The third-order valence-corrected chi connectivity index (χ3v) is 5.41. The molecule has 7 heteroatoms. The van der Waals surface area contributed by atoms with E-state index in [1.165, 1.54) is 17.4 Å². The van der Waals surface area contributed by atoms with E-state index in [9.17, 15) is 14.4 Å². The van der Waals surface area contributed by atoms with Gasteiger partial charge >= 0.3 is 0 Å². The molecular formula is C15H14N2O3S2. The maximum atomic E-state index is 12.4. The number of likely N-dealkylation sites (N-methyl/N-ethyl adjacent to an activating group) is 1. The second kappa shape index (κ2) is 5.75. The number of hydrogen-bond acceptors (Lipinski definition) is 6. The molecule has 114 valence electrons. The summed E-state index contributed by atoms with van der Waals surface area (Å²) in [7, 11) is 3.84. The fourth-order valence-electron chi connectivity index (χ4n) is 2.23. The van der Waals surface area contributed by atoms with Crippen molar-refractivity contribution in [3.05, 3.63) is 43.3 Å². The van der Waals surface area contributed by atoms with E-state index in [2.05, 4.69) is 5.32 Å². The summed E-state index contributed by atoms with van der Waals surface area (Å²) in [5.74, 6) is -0.573. The summed E-state index contributed by atoms with van der Waals surface area (Å²) in [6, 6.07) is 3.20. The van der Waals surface area contributed by atoms with E-state index >= 15 is 0 Å². The molecule has 1 amide bonds. The zero-order valence-electron chi connectivity index (χ0n) is 12.1. The van der Waals surface area contributed by atoms with Crippen molar-refractivity contribution in [2.75, 3.05) is 27.2 Å².